The summed E-state index contributed by atoms with van der Waals surface area (Å²) in [5.74, 6) is 0.813. The smallest absolute Gasteiger partial charge is 0.351 e. The van der Waals surface area contributed by atoms with E-state index in [4.69, 9.17) is 18.9 Å². The molecule has 24 heavy (non-hydrogen) atoms. The summed E-state index contributed by atoms with van der Waals surface area (Å²) in [5.41, 5.74) is -1.95. The molecular weight excluding hydrogens is 312 g/mol. The number of hydrogen-bond donors (Lipinski definition) is 1. The number of aliphatic hydroxyl groups is 1. The van der Waals surface area contributed by atoms with Crippen LogP contribution >= 0.6 is 0 Å². The highest BCUT2D eigenvalue weighted by atomic mass is 16.7. The molecule has 0 aromatic carbocycles. The van der Waals surface area contributed by atoms with E-state index in [1.807, 2.05) is 0 Å². The molecule has 6 rings (SSSR count). The number of rotatable bonds is 3. The van der Waals surface area contributed by atoms with Gasteiger partial charge in [0.1, 0.15) is 19.2 Å². The van der Waals surface area contributed by atoms with Crippen molar-refractivity contribution in [2.24, 2.45) is 16.7 Å². The summed E-state index contributed by atoms with van der Waals surface area (Å²) in [6, 6.07) is 0. The minimum atomic E-state index is -0.932. The SMILES string of the molecule is COCOC1CC23CCC1C[C@@]21OC2=CCC[C@H](O)C23COC1=O. The van der Waals surface area contributed by atoms with Crippen molar-refractivity contribution in [3.05, 3.63) is 11.8 Å². The number of esters is 1. The second kappa shape index (κ2) is 4.74. The van der Waals surface area contributed by atoms with Crippen LogP contribution in [0, 0.1) is 16.7 Å². The topological polar surface area (TPSA) is 74.2 Å². The molecular formula is C18H24O6. The zero-order valence-electron chi connectivity index (χ0n) is 14.0. The van der Waals surface area contributed by atoms with Crippen LogP contribution in [0.25, 0.3) is 0 Å². The molecule has 6 atom stereocenters. The van der Waals surface area contributed by atoms with Gasteiger partial charge in [-0.05, 0) is 44.1 Å². The quantitative estimate of drug-likeness (QED) is 0.622. The van der Waals surface area contributed by atoms with Gasteiger partial charge < -0.3 is 24.1 Å². The molecule has 0 aromatic rings. The molecule has 0 amide bonds. The Bertz CT molecular complexity index is 617. The number of methoxy groups -OCH3 is 1. The van der Waals surface area contributed by atoms with Gasteiger partial charge in [-0.3, -0.25) is 0 Å². The predicted octanol–water partition coefficient (Wildman–Crippen LogP) is 1.52. The number of aliphatic hydroxyl groups excluding tert-OH is 1. The maximum Gasteiger partial charge on any atom is 0.351 e. The Kier molecular flexibility index (Phi) is 3.00. The number of hydrogen-bond acceptors (Lipinski definition) is 6. The first-order chi connectivity index (χ1) is 11.6. The van der Waals surface area contributed by atoms with Crippen LogP contribution in [0.1, 0.15) is 38.5 Å². The summed E-state index contributed by atoms with van der Waals surface area (Å²) in [6.45, 7) is 0.482. The van der Waals surface area contributed by atoms with Crippen LogP contribution in [-0.4, -0.2) is 49.4 Å². The maximum absolute atomic E-state index is 12.8. The number of allylic oxidation sites excluding steroid dienone is 1. The van der Waals surface area contributed by atoms with E-state index in [1.54, 1.807) is 7.11 Å². The molecule has 0 radical (unpaired) electrons. The van der Waals surface area contributed by atoms with E-state index in [9.17, 15) is 9.90 Å². The average molecular weight is 336 g/mol. The van der Waals surface area contributed by atoms with Gasteiger partial charge in [0.25, 0.3) is 0 Å². The van der Waals surface area contributed by atoms with E-state index in [1.165, 1.54) is 0 Å². The number of fused-ring (bicyclic) bond motifs is 2. The van der Waals surface area contributed by atoms with Crippen molar-refractivity contribution in [1.82, 2.24) is 0 Å². The average Bonchev–Trinajstić information content (AvgIpc) is 2.78. The third-order valence-electron chi connectivity index (χ3n) is 7.42. The second-order valence-corrected chi connectivity index (χ2v) is 8.04. The Hall–Kier alpha value is -1.11. The Labute approximate surface area is 141 Å². The number of cyclic esters (lactones) is 1. The molecule has 6 nitrogen and oxygen atoms in total. The summed E-state index contributed by atoms with van der Waals surface area (Å²) in [6.07, 6.45) is 6.28. The van der Waals surface area contributed by atoms with Crippen LogP contribution in [0.4, 0.5) is 0 Å². The molecule has 4 unspecified atom stereocenters. The minimum absolute atomic E-state index is 0.0478. The highest BCUT2D eigenvalue weighted by Crippen LogP contribution is 2.76. The summed E-state index contributed by atoms with van der Waals surface area (Å²) in [5, 5.41) is 11.0. The van der Waals surface area contributed by atoms with Crippen LogP contribution in [0.5, 0.6) is 0 Å². The van der Waals surface area contributed by atoms with Crippen LogP contribution in [0.15, 0.2) is 11.8 Å². The highest BCUT2D eigenvalue weighted by Gasteiger charge is 2.83. The van der Waals surface area contributed by atoms with Crippen molar-refractivity contribution in [2.75, 3.05) is 20.5 Å². The fraction of sp³-hybridized carbons (Fsp3) is 0.833. The van der Waals surface area contributed by atoms with Crippen LogP contribution in [0.2, 0.25) is 0 Å². The molecule has 4 bridgehead atoms. The van der Waals surface area contributed by atoms with Crippen LogP contribution in [0.3, 0.4) is 0 Å². The molecule has 3 saturated carbocycles. The van der Waals surface area contributed by atoms with E-state index in [0.717, 1.165) is 31.4 Å². The molecule has 2 saturated heterocycles. The fourth-order valence-electron chi connectivity index (χ4n) is 6.41. The van der Waals surface area contributed by atoms with Crippen molar-refractivity contribution in [2.45, 2.75) is 56.3 Å². The van der Waals surface area contributed by atoms with Crippen molar-refractivity contribution in [3.63, 3.8) is 0 Å². The van der Waals surface area contributed by atoms with Gasteiger partial charge >= 0.3 is 5.97 Å². The van der Waals surface area contributed by atoms with Gasteiger partial charge in [-0.15, -0.1) is 0 Å². The van der Waals surface area contributed by atoms with Crippen molar-refractivity contribution < 1.29 is 28.8 Å². The van der Waals surface area contributed by atoms with Gasteiger partial charge in [-0.25, -0.2) is 4.79 Å². The Morgan fingerprint density at radius 3 is 3.08 bits per heavy atom. The van der Waals surface area contributed by atoms with Gasteiger partial charge in [0.05, 0.1) is 17.6 Å². The Morgan fingerprint density at radius 2 is 2.25 bits per heavy atom. The third kappa shape index (κ3) is 1.43. The van der Waals surface area contributed by atoms with Crippen LogP contribution < -0.4 is 0 Å². The molecule has 5 fully saturated rings. The monoisotopic (exact) mass is 336 g/mol. The molecule has 132 valence electrons. The van der Waals surface area contributed by atoms with Crippen molar-refractivity contribution in [3.8, 4) is 0 Å². The molecule has 6 aliphatic rings. The lowest BCUT2D eigenvalue weighted by Crippen LogP contribution is -2.72. The molecule has 1 N–H and O–H groups in total. The molecule has 0 aromatic heterocycles. The van der Waals surface area contributed by atoms with Gasteiger partial charge in [0.15, 0.2) is 0 Å². The summed E-state index contributed by atoms with van der Waals surface area (Å²) in [4.78, 5) is 12.8. The standard InChI is InChI=1S/C18H24O6/c1-21-10-23-12-8-16-6-5-11(12)7-18(16)15(20)22-9-17(16)13(19)3-2-4-14(17)24-18/h4,11-13,19H,2-3,5-10H2,1H3/t11?,12?,13-,16?,17?,18-/m0/s1. The number of ether oxygens (including phenoxy) is 4. The van der Waals surface area contributed by atoms with Crippen molar-refractivity contribution >= 4 is 5.97 Å². The normalized spacial score (nSPS) is 51.3. The molecule has 6 heteroatoms. The summed E-state index contributed by atoms with van der Waals surface area (Å²) in [7, 11) is 1.62. The lowest BCUT2D eigenvalue weighted by atomic mass is 9.41. The van der Waals surface area contributed by atoms with Gasteiger partial charge in [0, 0.05) is 18.9 Å². The highest BCUT2D eigenvalue weighted by molar-refractivity contribution is 5.84. The van der Waals surface area contributed by atoms with E-state index >= 15 is 0 Å². The Morgan fingerprint density at radius 1 is 1.38 bits per heavy atom. The summed E-state index contributed by atoms with van der Waals surface area (Å²) >= 11 is 0. The van der Waals surface area contributed by atoms with E-state index in [0.29, 0.717) is 12.8 Å². The molecule has 2 heterocycles. The first-order valence-electron chi connectivity index (χ1n) is 8.95. The first-order valence-corrected chi connectivity index (χ1v) is 8.95. The van der Waals surface area contributed by atoms with E-state index < -0.39 is 22.5 Å². The van der Waals surface area contributed by atoms with Crippen molar-refractivity contribution in [1.29, 1.82) is 0 Å². The van der Waals surface area contributed by atoms with Crippen LogP contribution in [-0.2, 0) is 23.7 Å². The lowest BCUT2D eigenvalue weighted by molar-refractivity contribution is -0.260. The zero-order valence-corrected chi connectivity index (χ0v) is 14.0. The minimum Gasteiger partial charge on any atom is -0.479 e. The lowest BCUT2D eigenvalue weighted by Gasteiger charge is -2.62. The fourth-order valence-corrected chi connectivity index (χ4v) is 6.41. The molecule has 2 aliphatic heterocycles. The summed E-state index contributed by atoms with van der Waals surface area (Å²) < 4.78 is 23.0. The van der Waals surface area contributed by atoms with E-state index in [2.05, 4.69) is 6.08 Å². The third-order valence-corrected chi connectivity index (χ3v) is 7.42. The van der Waals surface area contributed by atoms with Gasteiger partial charge in [-0.2, -0.15) is 0 Å². The maximum atomic E-state index is 12.8. The number of carbonyl (C=O) groups is 1. The first kappa shape index (κ1) is 15.2. The predicted molar refractivity (Wildman–Crippen MR) is 81.7 cm³/mol. The molecule has 4 aliphatic carbocycles. The second-order valence-electron chi connectivity index (χ2n) is 8.04. The largest absolute Gasteiger partial charge is 0.479 e. The molecule has 2 spiro atoms. The van der Waals surface area contributed by atoms with Gasteiger partial charge in [-0.1, -0.05) is 0 Å². The van der Waals surface area contributed by atoms with E-state index in [-0.39, 0.29) is 31.4 Å². The zero-order chi connectivity index (χ0) is 16.6. The van der Waals surface area contributed by atoms with Gasteiger partial charge in [0.2, 0.25) is 5.60 Å². The Balaban J connectivity index is 1.65. The number of carbonyl (C=O) groups excluding carboxylic acids is 1.